The summed E-state index contributed by atoms with van der Waals surface area (Å²) in [4.78, 5) is 34.5. The van der Waals surface area contributed by atoms with Gasteiger partial charge in [-0.15, -0.1) is 0 Å². The van der Waals surface area contributed by atoms with Gasteiger partial charge in [-0.05, 0) is 51.4 Å². The van der Waals surface area contributed by atoms with E-state index in [-0.39, 0.29) is 32.6 Å². The van der Waals surface area contributed by atoms with Gasteiger partial charge in [-0.25, -0.2) is 4.57 Å². The Bertz CT molecular complexity index is 907. The molecule has 2 unspecified atom stereocenters. The predicted octanol–water partition coefficient (Wildman–Crippen LogP) is 10.6. The van der Waals surface area contributed by atoms with Crippen molar-refractivity contribution in [2.24, 2.45) is 5.73 Å². The van der Waals surface area contributed by atoms with Crippen molar-refractivity contribution >= 4 is 19.8 Å². The number of rotatable bonds is 36. The van der Waals surface area contributed by atoms with Crippen molar-refractivity contribution in [3.05, 3.63) is 36.5 Å². The van der Waals surface area contributed by atoms with Crippen molar-refractivity contribution in [3.8, 4) is 0 Å². The summed E-state index contributed by atoms with van der Waals surface area (Å²) in [5.41, 5.74) is 5.32. The molecule has 0 spiro atoms. The van der Waals surface area contributed by atoms with E-state index in [1.165, 1.54) is 64.2 Å². The number of hydrogen-bond acceptors (Lipinski definition) is 8. The Hall–Kier alpha value is -1.77. The quantitative estimate of drug-likeness (QED) is 0.0281. The first-order chi connectivity index (χ1) is 23.8. The second kappa shape index (κ2) is 36.0. The van der Waals surface area contributed by atoms with Crippen LogP contribution in [0.25, 0.3) is 0 Å². The molecule has 0 saturated carbocycles. The first-order valence-corrected chi connectivity index (χ1v) is 21.0. The molecule has 286 valence electrons. The van der Waals surface area contributed by atoms with E-state index in [1.54, 1.807) is 0 Å². The summed E-state index contributed by atoms with van der Waals surface area (Å²) in [6, 6.07) is 0. The Morgan fingerprint density at radius 2 is 1.06 bits per heavy atom. The van der Waals surface area contributed by atoms with Crippen molar-refractivity contribution in [1.29, 1.82) is 0 Å². The van der Waals surface area contributed by atoms with Gasteiger partial charge in [-0.1, -0.05) is 140 Å². The topological polar surface area (TPSA) is 134 Å². The van der Waals surface area contributed by atoms with E-state index in [2.05, 4.69) is 50.3 Å². The molecule has 49 heavy (non-hydrogen) atoms. The Morgan fingerprint density at radius 1 is 0.612 bits per heavy atom. The standard InChI is InChI=1S/C39H72NO8P/c1-3-5-7-9-11-12-13-14-15-16-17-18-19-20-21-22-23-24-26-28-30-32-39(42)48-37(36-47-49(43,44)46-34-33-40)35-45-38(41)31-29-27-25-10-8-6-4-2/h13-14,16-17,19-20,37H,3-12,15,18,21-36,40H2,1-2H3,(H,43,44)/b14-13-,17-16-,20-19-. The number of carbonyl (C=O) groups is 2. The lowest BCUT2D eigenvalue weighted by molar-refractivity contribution is -0.161. The number of phosphoric ester groups is 1. The number of phosphoric acid groups is 1. The lowest BCUT2D eigenvalue weighted by atomic mass is 10.1. The van der Waals surface area contributed by atoms with Crippen LogP contribution >= 0.6 is 7.82 Å². The third-order valence-corrected chi connectivity index (χ3v) is 9.01. The van der Waals surface area contributed by atoms with Crippen LogP contribution in [0.1, 0.15) is 168 Å². The number of ether oxygens (including phenoxy) is 2. The number of carbonyl (C=O) groups excluding carboxylic acids is 2. The summed E-state index contributed by atoms with van der Waals surface area (Å²) in [7, 11) is -4.37. The fourth-order valence-electron chi connectivity index (χ4n) is 5.11. The van der Waals surface area contributed by atoms with Crippen LogP contribution in [0.3, 0.4) is 0 Å². The average Bonchev–Trinajstić information content (AvgIpc) is 3.08. The molecule has 0 aromatic carbocycles. The van der Waals surface area contributed by atoms with Crippen molar-refractivity contribution < 1.29 is 37.6 Å². The zero-order valence-corrected chi connectivity index (χ0v) is 32.1. The Labute approximate surface area is 299 Å². The lowest BCUT2D eigenvalue weighted by Gasteiger charge is -2.19. The molecule has 0 aliphatic rings. The van der Waals surface area contributed by atoms with Gasteiger partial charge in [0.05, 0.1) is 13.2 Å². The zero-order valence-electron chi connectivity index (χ0n) is 31.2. The maximum absolute atomic E-state index is 12.5. The fourth-order valence-corrected chi connectivity index (χ4v) is 5.88. The molecule has 2 atom stereocenters. The van der Waals surface area contributed by atoms with E-state index >= 15 is 0 Å². The highest BCUT2D eigenvalue weighted by atomic mass is 31.2. The van der Waals surface area contributed by atoms with Gasteiger partial charge in [0.1, 0.15) is 6.61 Å². The van der Waals surface area contributed by atoms with Gasteiger partial charge in [0.15, 0.2) is 6.10 Å². The first kappa shape index (κ1) is 47.2. The average molecular weight is 714 g/mol. The Morgan fingerprint density at radius 3 is 1.57 bits per heavy atom. The summed E-state index contributed by atoms with van der Waals surface area (Å²) < 4.78 is 32.5. The zero-order chi connectivity index (χ0) is 36.1. The number of esters is 2. The van der Waals surface area contributed by atoms with Crippen LogP contribution in [-0.2, 0) is 32.7 Å². The SMILES string of the molecule is CCCCCCC/C=C\C/C=C\C/C=C\CCCCCCCCC(=O)OC(COC(=O)CCCCCCCCC)COP(=O)(O)OCCN. The van der Waals surface area contributed by atoms with E-state index in [1.807, 2.05) is 0 Å². The summed E-state index contributed by atoms with van der Waals surface area (Å²) in [5.74, 6) is -0.851. The van der Waals surface area contributed by atoms with Crippen LogP contribution in [-0.4, -0.2) is 49.3 Å². The smallest absolute Gasteiger partial charge is 0.462 e. The summed E-state index contributed by atoms with van der Waals surface area (Å²) in [6.45, 7) is 3.64. The fraction of sp³-hybridized carbons (Fsp3) is 0.795. The highest BCUT2D eigenvalue weighted by molar-refractivity contribution is 7.47. The Kier molecular flexibility index (Phi) is 34.7. The van der Waals surface area contributed by atoms with Crippen molar-refractivity contribution in [2.45, 2.75) is 174 Å². The van der Waals surface area contributed by atoms with Gasteiger partial charge in [0.25, 0.3) is 0 Å². The minimum absolute atomic E-state index is 0.0508. The van der Waals surface area contributed by atoms with Crippen LogP contribution < -0.4 is 5.73 Å². The number of unbranched alkanes of at least 4 members (excludes halogenated alkanes) is 17. The lowest BCUT2D eigenvalue weighted by Crippen LogP contribution is -2.29. The third-order valence-electron chi connectivity index (χ3n) is 8.03. The third kappa shape index (κ3) is 35.8. The molecule has 0 rings (SSSR count). The molecule has 0 radical (unpaired) electrons. The molecule has 9 nitrogen and oxygen atoms in total. The molecule has 0 saturated heterocycles. The molecule has 0 bridgehead atoms. The number of hydrogen-bond donors (Lipinski definition) is 2. The van der Waals surface area contributed by atoms with Gasteiger partial charge in [-0.3, -0.25) is 18.6 Å². The maximum Gasteiger partial charge on any atom is 0.472 e. The second-order valence-electron chi connectivity index (χ2n) is 12.8. The largest absolute Gasteiger partial charge is 0.472 e. The molecule has 0 aromatic heterocycles. The minimum Gasteiger partial charge on any atom is -0.462 e. The number of nitrogens with two attached hydrogens (primary N) is 1. The van der Waals surface area contributed by atoms with Crippen LogP contribution in [0.15, 0.2) is 36.5 Å². The predicted molar refractivity (Wildman–Crippen MR) is 201 cm³/mol. The van der Waals surface area contributed by atoms with Gasteiger partial charge >= 0.3 is 19.8 Å². The van der Waals surface area contributed by atoms with Gasteiger partial charge in [0.2, 0.25) is 0 Å². The molecule has 0 fully saturated rings. The molecule has 0 aromatic rings. The van der Waals surface area contributed by atoms with Crippen molar-refractivity contribution in [3.63, 3.8) is 0 Å². The van der Waals surface area contributed by atoms with Crippen molar-refractivity contribution in [2.75, 3.05) is 26.4 Å². The van der Waals surface area contributed by atoms with Crippen LogP contribution in [0.5, 0.6) is 0 Å². The van der Waals surface area contributed by atoms with E-state index in [0.29, 0.717) is 6.42 Å². The molecular formula is C39H72NO8P. The van der Waals surface area contributed by atoms with Crippen LogP contribution in [0.4, 0.5) is 0 Å². The molecule has 10 heteroatoms. The molecule has 0 aliphatic carbocycles. The molecular weight excluding hydrogens is 641 g/mol. The molecule has 0 amide bonds. The van der Waals surface area contributed by atoms with Crippen LogP contribution in [0, 0.1) is 0 Å². The van der Waals surface area contributed by atoms with E-state index in [4.69, 9.17) is 24.3 Å². The normalized spacial score (nSPS) is 13.8. The van der Waals surface area contributed by atoms with Crippen molar-refractivity contribution in [1.82, 2.24) is 0 Å². The second-order valence-corrected chi connectivity index (χ2v) is 14.3. The van der Waals surface area contributed by atoms with Gasteiger partial charge in [0, 0.05) is 19.4 Å². The van der Waals surface area contributed by atoms with Crippen LogP contribution in [0.2, 0.25) is 0 Å². The Balaban J connectivity index is 4.14. The summed E-state index contributed by atoms with van der Waals surface area (Å²) >= 11 is 0. The van der Waals surface area contributed by atoms with E-state index < -0.39 is 32.5 Å². The van der Waals surface area contributed by atoms with E-state index in [9.17, 15) is 19.0 Å². The highest BCUT2D eigenvalue weighted by Crippen LogP contribution is 2.43. The minimum atomic E-state index is -4.37. The number of allylic oxidation sites excluding steroid dienone is 6. The molecule has 0 heterocycles. The highest BCUT2D eigenvalue weighted by Gasteiger charge is 2.25. The van der Waals surface area contributed by atoms with E-state index in [0.717, 1.165) is 70.6 Å². The van der Waals surface area contributed by atoms with Gasteiger partial charge < -0.3 is 20.1 Å². The molecule has 3 N–H and O–H groups in total. The monoisotopic (exact) mass is 713 g/mol. The molecule has 0 aliphatic heterocycles. The first-order valence-electron chi connectivity index (χ1n) is 19.5. The summed E-state index contributed by atoms with van der Waals surface area (Å²) in [5, 5.41) is 0. The van der Waals surface area contributed by atoms with Gasteiger partial charge in [-0.2, -0.15) is 0 Å². The summed E-state index contributed by atoms with van der Waals surface area (Å²) in [6.07, 6.45) is 37.7. The maximum atomic E-state index is 12.5.